The summed E-state index contributed by atoms with van der Waals surface area (Å²) >= 11 is 0. The summed E-state index contributed by atoms with van der Waals surface area (Å²) in [5.41, 5.74) is 3.61. The number of fused-ring (bicyclic) bond motifs is 2. The molecule has 2 aromatic carbocycles. The van der Waals surface area contributed by atoms with Gasteiger partial charge in [0.1, 0.15) is 0 Å². The molecule has 0 heteroatoms. The van der Waals surface area contributed by atoms with E-state index in [9.17, 15) is 0 Å². The second kappa shape index (κ2) is 3.91. The van der Waals surface area contributed by atoms with Gasteiger partial charge in [-0.2, -0.15) is 0 Å². The summed E-state index contributed by atoms with van der Waals surface area (Å²) in [4.78, 5) is 0. The normalized spacial score (nSPS) is 40.3. The van der Waals surface area contributed by atoms with Gasteiger partial charge >= 0.3 is 0 Å². The van der Waals surface area contributed by atoms with Gasteiger partial charge in [0.05, 0.1) is 0 Å². The first kappa shape index (κ1) is 12.3. The lowest BCUT2D eigenvalue weighted by molar-refractivity contribution is 0.290. The molecular weight excluding hydrogens is 252 g/mol. The van der Waals surface area contributed by atoms with Crippen LogP contribution in [-0.2, 0) is 5.41 Å². The Hall–Kier alpha value is -1.30. The third kappa shape index (κ3) is 1.46. The van der Waals surface area contributed by atoms with E-state index in [-0.39, 0.29) is 0 Å². The Morgan fingerprint density at radius 2 is 1.67 bits per heavy atom. The Labute approximate surface area is 127 Å². The molecule has 5 atom stereocenters. The van der Waals surface area contributed by atoms with E-state index in [0.717, 1.165) is 23.7 Å². The summed E-state index contributed by atoms with van der Waals surface area (Å²) in [5.74, 6) is 4.06. The number of hydrogen-bond acceptors (Lipinski definition) is 0. The molecule has 0 nitrogen and oxygen atoms in total. The van der Waals surface area contributed by atoms with Crippen molar-refractivity contribution in [2.24, 2.45) is 23.7 Å². The Bertz CT molecular complexity index is 724. The summed E-state index contributed by atoms with van der Waals surface area (Å²) in [6, 6.07) is 13.9. The lowest BCUT2D eigenvalue weighted by atomic mass is 9.72. The predicted molar refractivity (Wildman–Crippen MR) is 88.5 cm³/mol. The third-order valence-corrected chi connectivity index (χ3v) is 7.18. The summed E-state index contributed by atoms with van der Waals surface area (Å²) in [5, 5.41) is 3.01. The summed E-state index contributed by atoms with van der Waals surface area (Å²) in [6.07, 6.45) is 5.90. The minimum atomic E-state index is 0.512. The van der Waals surface area contributed by atoms with Crippen LogP contribution in [-0.4, -0.2) is 0 Å². The molecule has 3 aliphatic carbocycles. The van der Waals surface area contributed by atoms with Gasteiger partial charge in [-0.15, -0.1) is 0 Å². The number of hydrogen-bond donors (Lipinski definition) is 0. The highest BCUT2D eigenvalue weighted by Crippen LogP contribution is 2.68. The van der Waals surface area contributed by atoms with Crippen molar-refractivity contribution in [1.82, 2.24) is 0 Å². The van der Waals surface area contributed by atoms with Gasteiger partial charge in [-0.3, -0.25) is 0 Å². The summed E-state index contributed by atoms with van der Waals surface area (Å²) < 4.78 is 0. The van der Waals surface area contributed by atoms with E-state index < -0.39 is 0 Å². The minimum Gasteiger partial charge on any atom is -0.0622 e. The second-order valence-electron chi connectivity index (χ2n) is 8.17. The molecule has 0 aromatic heterocycles. The quantitative estimate of drug-likeness (QED) is 0.647. The molecule has 0 radical (unpaired) electrons. The van der Waals surface area contributed by atoms with E-state index in [1.165, 1.54) is 42.0 Å². The van der Waals surface area contributed by atoms with Crippen LogP contribution >= 0.6 is 0 Å². The summed E-state index contributed by atoms with van der Waals surface area (Å²) in [7, 11) is 0. The molecule has 5 unspecified atom stereocenters. The largest absolute Gasteiger partial charge is 0.0622 e. The molecule has 0 spiro atoms. The lowest BCUT2D eigenvalue weighted by Crippen LogP contribution is -2.24. The molecule has 21 heavy (non-hydrogen) atoms. The number of rotatable bonds is 1. The van der Waals surface area contributed by atoms with Crippen LogP contribution in [0.25, 0.3) is 10.8 Å². The molecular formula is C21H24. The highest BCUT2D eigenvalue weighted by molar-refractivity contribution is 5.89. The van der Waals surface area contributed by atoms with E-state index in [4.69, 9.17) is 0 Å². The Morgan fingerprint density at radius 1 is 0.905 bits per heavy atom. The van der Waals surface area contributed by atoms with Gasteiger partial charge < -0.3 is 0 Å². The van der Waals surface area contributed by atoms with Crippen LogP contribution < -0.4 is 0 Å². The van der Waals surface area contributed by atoms with Crippen molar-refractivity contribution >= 4 is 10.8 Å². The fourth-order valence-corrected chi connectivity index (χ4v) is 6.40. The van der Waals surface area contributed by atoms with Crippen LogP contribution in [0.1, 0.15) is 43.7 Å². The van der Waals surface area contributed by atoms with Crippen molar-refractivity contribution in [1.29, 1.82) is 0 Å². The highest BCUT2D eigenvalue weighted by atomic mass is 14.6. The van der Waals surface area contributed by atoms with Crippen molar-refractivity contribution in [3.63, 3.8) is 0 Å². The molecule has 2 aromatic rings. The predicted octanol–water partition coefficient (Wildman–Crippen LogP) is 5.47. The first-order chi connectivity index (χ1) is 10.2. The van der Waals surface area contributed by atoms with Crippen LogP contribution in [0.3, 0.4) is 0 Å². The highest BCUT2D eigenvalue weighted by Gasteiger charge is 2.60. The average Bonchev–Trinajstić information content (AvgIpc) is 3.08. The van der Waals surface area contributed by atoms with Crippen molar-refractivity contribution in [3.05, 3.63) is 47.5 Å². The number of benzene rings is 2. The van der Waals surface area contributed by atoms with Gasteiger partial charge in [0.2, 0.25) is 0 Å². The van der Waals surface area contributed by atoms with E-state index >= 15 is 0 Å². The zero-order valence-corrected chi connectivity index (χ0v) is 13.1. The molecule has 0 heterocycles. The minimum absolute atomic E-state index is 0.512. The monoisotopic (exact) mass is 276 g/mol. The van der Waals surface area contributed by atoms with Crippen LogP contribution in [0.15, 0.2) is 36.4 Å². The molecule has 0 saturated heterocycles. The maximum atomic E-state index is 2.51. The Morgan fingerprint density at radius 3 is 2.43 bits per heavy atom. The molecule has 0 N–H and O–H groups in total. The molecule has 5 rings (SSSR count). The van der Waals surface area contributed by atoms with Gasteiger partial charge in [-0.1, -0.05) is 43.3 Å². The number of aryl methyl sites for hydroxylation is 1. The van der Waals surface area contributed by atoms with Crippen molar-refractivity contribution < 1.29 is 0 Å². The molecule has 3 saturated carbocycles. The van der Waals surface area contributed by atoms with Gasteiger partial charge in [-0.25, -0.2) is 0 Å². The van der Waals surface area contributed by atoms with Crippen molar-refractivity contribution in [3.8, 4) is 0 Å². The molecule has 0 aliphatic heterocycles. The van der Waals surface area contributed by atoms with Crippen LogP contribution in [0.4, 0.5) is 0 Å². The van der Waals surface area contributed by atoms with Gasteiger partial charge in [0.25, 0.3) is 0 Å². The first-order valence-corrected chi connectivity index (χ1v) is 8.67. The van der Waals surface area contributed by atoms with Crippen LogP contribution in [0.5, 0.6) is 0 Å². The molecule has 108 valence electrons. The SMILES string of the molecule is Cc1ccc(C23CC4CC(C)C(C2)C4C3)c2ccccc12. The topological polar surface area (TPSA) is 0 Å². The molecule has 3 fully saturated rings. The van der Waals surface area contributed by atoms with Gasteiger partial charge in [-0.05, 0) is 83.6 Å². The van der Waals surface area contributed by atoms with Crippen LogP contribution in [0.2, 0.25) is 0 Å². The molecule has 2 bridgehead atoms. The zero-order chi connectivity index (χ0) is 14.2. The standard InChI is InChI=1S/C21H24/c1-13-7-8-20(17-6-4-3-5-16(13)17)21-10-15-9-14(2)18(11-21)19(15)12-21/h3-8,14-15,18-19H,9-12H2,1-2H3. The average molecular weight is 276 g/mol. The van der Waals surface area contributed by atoms with E-state index in [0.29, 0.717) is 5.41 Å². The van der Waals surface area contributed by atoms with Crippen molar-refractivity contribution in [2.45, 2.75) is 44.9 Å². The fraction of sp³-hybridized carbons (Fsp3) is 0.524. The first-order valence-electron chi connectivity index (χ1n) is 8.67. The smallest absolute Gasteiger partial charge is 0.00324 e. The van der Waals surface area contributed by atoms with E-state index in [1.807, 2.05) is 0 Å². The van der Waals surface area contributed by atoms with Crippen LogP contribution in [0, 0.1) is 30.6 Å². The van der Waals surface area contributed by atoms with E-state index in [1.54, 1.807) is 5.56 Å². The maximum absolute atomic E-state index is 2.51. The third-order valence-electron chi connectivity index (χ3n) is 7.18. The zero-order valence-electron chi connectivity index (χ0n) is 13.1. The molecule has 3 aliphatic rings. The molecule has 0 amide bonds. The van der Waals surface area contributed by atoms with Gasteiger partial charge in [0, 0.05) is 0 Å². The maximum Gasteiger partial charge on any atom is -0.00324 e. The Balaban J connectivity index is 1.71. The Kier molecular flexibility index (Phi) is 2.28. The van der Waals surface area contributed by atoms with Gasteiger partial charge in [0.15, 0.2) is 0 Å². The summed E-state index contributed by atoms with van der Waals surface area (Å²) in [6.45, 7) is 4.76. The second-order valence-corrected chi connectivity index (χ2v) is 8.17. The lowest BCUT2D eigenvalue weighted by Gasteiger charge is -2.31. The van der Waals surface area contributed by atoms with Crippen molar-refractivity contribution in [2.75, 3.05) is 0 Å². The van der Waals surface area contributed by atoms with E-state index in [2.05, 4.69) is 50.2 Å². The fourth-order valence-electron chi connectivity index (χ4n) is 6.40.